The zero-order valence-electron chi connectivity index (χ0n) is 10.1. The Balaban J connectivity index is 2.07. The van der Waals surface area contributed by atoms with Crippen molar-refractivity contribution in [1.29, 1.82) is 0 Å². The van der Waals surface area contributed by atoms with E-state index in [1.165, 1.54) is 4.57 Å². The number of anilines is 1. The maximum Gasteiger partial charge on any atom is 0.293 e. The Morgan fingerprint density at radius 2 is 1.94 bits per heavy atom. The van der Waals surface area contributed by atoms with E-state index < -0.39 is 0 Å². The van der Waals surface area contributed by atoms with Gasteiger partial charge in [0.05, 0.1) is 0 Å². The van der Waals surface area contributed by atoms with Crippen molar-refractivity contribution in [3.8, 4) is 0 Å². The number of nitrogens with one attached hydrogen (secondary N) is 1. The first-order valence-electron chi connectivity index (χ1n) is 5.60. The van der Waals surface area contributed by atoms with E-state index >= 15 is 0 Å². The molecule has 2 aromatic rings. The quantitative estimate of drug-likeness (QED) is 0.860. The molecule has 0 saturated heterocycles. The minimum atomic E-state index is -0.130. The first-order valence-corrected chi connectivity index (χ1v) is 6.13. The highest BCUT2D eigenvalue weighted by molar-refractivity contribution is 6.17. The van der Waals surface area contributed by atoms with Gasteiger partial charge in [-0.1, -0.05) is 24.3 Å². The summed E-state index contributed by atoms with van der Waals surface area (Å²) in [7, 11) is 1.70. The van der Waals surface area contributed by atoms with E-state index in [0.29, 0.717) is 18.2 Å². The van der Waals surface area contributed by atoms with Crippen LogP contribution in [0.15, 0.2) is 41.5 Å². The number of hydrogen-bond acceptors (Lipinski definition) is 3. The molecule has 0 aliphatic carbocycles. The standard InChI is InChI=1S/C13H14ClN3O/c1-17-7-6-15-12(13(17)18)16-9-11-4-2-10(8-14)3-5-11/h2-7H,8-9H2,1H3,(H,15,16). The van der Waals surface area contributed by atoms with E-state index in [4.69, 9.17) is 11.6 Å². The largest absolute Gasteiger partial charge is 0.361 e. The molecule has 0 bridgehead atoms. The summed E-state index contributed by atoms with van der Waals surface area (Å²) < 4.78 is 1.49. The molecule has 0 saturated carbocycles. The number of alkyl halides is 1. The van der Waals surface area contributed by atoms with Crippen molar-refractivity contribution >= 4 is 17.4 Å². The lowest BCUT2D eigenvalue weighted by molar-refractivity contribution is 0.839. The smallest absolute Gasteiger partial charge is 0.293 e. The van der Waals surface area contributed by atoms with Gasteiger partial charge in [0.1, 0.15) is 0 Å². The highest BCUT2D eigenvalue weighted by Crippen LogP contribution is 2.07. The monoisotopic (exact) mass is 263 g/mol. The molecule has 0 aliphatic heterocycles. The lowest BCUT2D eigenvalue weighted by Crippen LogP contribution is -2.21. The fraction of sp³-hybridized carbons (Fsp3) is 0.231. The molecule has 0 amide bonds. The fourth-order valence-electron chi connectivity index (χ4n) is 1.55. The van der Waals surface area contributed by atoms with Crippen LogP contribution in [0.4, 0.5) is 5.82 Å². The van der Waals surface area contributed by atoms with Crippen LogP contribution in [0.2, 0.25) is 0 Å². The van der Waals surface area contributed by atoms with Crippen molar-refractivity contribution in [2.45, 2.75) is 12.4 Å². The second-order valence-corrected chi connectivity index (χ2v) is 4.26. The van der Waals surface area contributed by atoms with E-state index in [9.17, 15) is 4.79 Å². The van der Waals surface area contributed by atoms with Crippen LogP contribution in [0.3, 0.4) is 0 Å². The minimum absolute atomic E-state index is 0.130. The van der Waals surface area contributed by atoms with Crippen molar-refractivity contribution in [2.24, 2.45) is 7.05 Å². The third kappa shape index (κ3) is 2.90. The molecule has 4 nitrogen and oxygen atoms in total. The normalized spacial score (nSPS) is 10.3. The van der Waals surface area contributed by atoms with Crippen molar-refractivity contribution < 1.29 is 0 Å². The highest BCUT2D eigenvalue weighted by Gasteiger charge is 2.01. The number of rotatable bonds is 4. The second kappa shape index (κ2) is 5.69. The molecule has 1 N–H and O–H groups in total. The third-order valence-corrected chi connectivity index (χ3v) is 2.96. The molecular formula is C13H14ClN3O. The first kappa shape index (κ1) is 12.6. The van der Waals surface area contributed by atoms with Gasteiger partial charge < -0.3 is 9.88 Å². The summed E-state index contributed by atoms with van der Waals surface area (Å²) in [4.78, 5) is 15.7. The molecular weight excluding hydrogens is 250 g/mol. The van der Waals surface area contributed by atoms with Gasteiger partial charge in [-0.25, -0.2) is 4.98 Å². The molecule has 0 spiro atoms. The lowest BCUT2D eigenvalue weighted by Gasteiger charge is -2.06. The molecule has 94 valence electrons. The molecule has 2 rings (SSSR count). The van der Waals surface area contributed by atoms with Crippen molar-refractivity contribution in [3.05, 3.63) is 58.1 Å². The third-order valence-electron chi connectivity index (χ3n) is 2.65. The van der Waals surface area contributed by atoms with Crippen molar-refractivity contribution in [3.63, 3.8) is 0 Å². The predicted molar refractivity (Wildman–Crippen MR) is 72.8 cm³/mol. The number of nitrogens with zero attached hydrogens (tertiary/aromatic N) is 2. The molecule has 18 heavy (non-hydrogen) atoms. The number of hydrogen-bond donors (Lipinski definition) is 1. The van der Waals surface area contributed by atoms with Crippen LogP contribution in [-0.4, -0.2) is 9.55 Å². The predicted octanol–water partition coefficient (Wildman–Crippen LogP) is 2.13. The van der Waals surface area contributed by atoms with Gasteiger partial charge in [-0.2, -0.15) is 0 Å². The molecule has 1 aromatic carbocycles. The maximum absolute atomic E-state index is 11.7. The van der Waals surface area contributed by atoms with Gasteiger partial charge >= 0.3 is 0 Å². The number of benzene rings is 1. The molecule has 1 heterocycles. The highest BCUT2D eigenvalue weighted by atomic mass is 35.5. The zero-order chi connectivity index (χ0) is 13.0. The van der Waals surface area contributed by atoms with Crippen LogP contribution in [-0.2, 0) is 19.5 Å². The van der Waals surface area contributed by atoms with E-state index in [0.717, 1.165) is 11.1 Å². The Bertz CT molecular complexity index is 578. The Kier molecular flexibility index (Phi) is 3.99. The summed E-state index contributed by atoms with van der Waals surface area (Å²) in [5.41, 5.74) is 2.03. The molecule has 0 fully saturated rings. The van der Waals surface area contributed by atoms with Gasteiger partial charge in [0.25, 0.3) is 5.56 Å². The van der Waals surface area contributed by atoms with Crippen LogP contribution in [0.25, 0.3) is 0 Å². The average molecular weight is 264 g/mol. The minimum Gasteiger partial charge on any atom is -0.361 e. The van der Waals surface area contributed by atoms with Gasteiger partial charge in [0, 0.05) is 31.9 Å². The Morgan fingerprint density at radius 3 is 2.61 bits per heavy atom. The topological polar surface area (TPSA) is 46.9 Å². The van der Waals surface area contributed by atoms with Crippen molar-refractivity contribution in [1.82, 2.24) is 9.55 Å². The maximum atomic E-state index is 11.7. The van der Waals surface area contributed by atoms with E-state index in [-0.39, 0.29) is 5.56 Å². The molecule has 0 radical (unpaired) electrons. The molecule has 5 heteroatoms. The molecule has 0 aliphatic rings. The average Bonchev–Trinajstić information content (AvgIpc) is 2.41. The number of aromatic nitrogens is 2. The second-order valence-electron chi connectivity index (χ2n) is 4.00. The summed E-state index contributed by atoms with van der Waals surface area (Å²) in [6.45, 7) is 0.564. The number of halogens is 1. The van der Waals surface area contributed by atoms with E-state index in [2.05, 4.69) is 10.3 Å². The van der Waals surface area contributed by atoms with Crippen LogP contribution >= 0.6 is 11.6 Å². The van der Waals surface area contributed by atoms with Gasteiger partial charge in [-0.15, -0.1) is 11.6 Å². The van der Waals surface area contributed by atoms with Gasteiger partial charge in [-0.3, -0.25) is 4.79 Å². The van der Waals surface area contributed by atoms with E-state index in [1.807, 2.05) is 24.3 Å². The molecule has 0 atom stereocenters. The SMILES string of the molecule is Cn1ccnc(NCc2ccc(CCl)cc2)c1=O. The Hall–Kier alpha value is -1.81. The van der Waals surface area contributed by atoms with E-state index in [1.54, 1.807) is 19.4 Å². The summed E-state index contributed by atoms with van der Waals surface area (Å²) >= 11 is 5.72. The summed E-state index contributed by atoms with van der Waals surface area (Å²) in [6, 6.07) is 7.91. The van der Waals surface area contributed by atoms with Gasteiger partial charge in [0.2, 0.25) is 0 Å². The molecule has 0 unspecified atom stereocenters. The summed E-state index contributed by atoms with van der Waals surface area (Å²) in [6.07, 6.45) is 3.23. The Morgan fingerprint density at radius 1 is 1.28 bits per heavy atom. The van der Waals surface area contributed by atoms with Crippen molar-refractivity contribution in [2.75, 3.05) is 5.32 Å². The molecule has 1 aromatic heterocycles. The van der Waals surface area contributed by atoms with Gasteiger partial charge in [-0.05, 0) is 11.1 Å². The lowest BCUT2D eigenvalue weighted by atomic mass is 10.1. The summed E-state index contributed by atoms with van der Waals surface area (Å²) in [5, 5.41) is 3.03. The van der Waals surface area contributed by atoms with Crippen LogP contribution in [0.5, 0.6) is 0 Å². The Labute approximate surface area is 110 Å². The van der Waals surface area contributed by atoms with Gasteiger partial charge in [0.15, 0.2) is 5.82 Å². The number of aryl methyl sites for hydroxylation is 1. The van der Waals surface area contributed by atoms with Crippen LogP contribution in [0.1, 0.15) is 11.1 Å². The van der Waals surface area contributed by atoms with Crippen LogP contribution in [0, 0.1) is 0 Å². The van der Waals surface area contributed by atoms with Crippen LogP contribution < -0.4 is 10.9 Å². The zero-order valence-corrected chi connectivity index (χ0v) is 10.8. The first-order chi connectivity index (χ1) is 8.70. The fourth-order valence-corrected chi connectivity index (χ4v) is 1.73. The summed E-state index contributed by atoms with van der Waals surface area (Å²) in [5.74, 6) is 0.871.